The summed E-state index contributed by atoms with van der Waals surface area (Å²) < 4.78 is 2.22. The molecule has 1 unspecified atom stereocenters. The molecule has 1 aromatic heterocycles. The van der Waals surface area contributed by atoms with Crippen LogP contribution in [0.1, 0.15) is 24.4 Å². The van der Waals surface area contributed by atoms with Gasteiger partial charge >= 0.3 is 119 Å². The van der Waals surface area contributed by atoms with E-state index in [0.717, 1.165) is 4.26 Å². The molecule has 2 aromatic rings. The van der Waals surface area contributed by atoms with E-state index in [1.165, 1.54) is 3.56 Å². The number of aromatic nitrogens is 1. The van der Waals surface area contributed by atoms with Gasteiger partial charge < -0.3 is 0 Å². The van der Waals surface area contributed by atoms with Crippen molar-refractivity contribution in [2.45, 2.75) is 18.9 Å². The Balaban J connectivity index is 2.16. The molecule has 6 nitrogen and oxygen atoms in total. The summed E-state index contributed by atoms with van der Waals surface area (Å²) in [5, 5.41) is 11.8. The van der Waals surface area contributed by atoms with Crippen molar-refractivity contribution < 1.29 is 9.59 Å². The van der Waals surface area contributed by atoms with Crippen LogP contribution < -0.4 is 10.9 Å². The number of imide groups is 1. The van der Waals surface area contributed by atoms with Crippen molar-refractivity contribution in [2.75, 3.05) is 0 Å². The number of nitriles is 1. The van der Waals surface area contributed by atoms with E-state index in [0.29, 0.717) is 17.4 Å². The summed E-state index contributed by atoms with van der Waals surface area (Å²) in [5.41, 5.74) is 0.247. The standard InChI is InChI=1S/C13H9N3O3Se/c14-6-7-2-1-3-8-11(7)20-16(13(8)19)9-4-5-10(17)15-12(9)18/h1-3,9H,4-5H2,(H,15,17,18). The summed E-state index contributed by atoms with van der Waals surface area (Å²) in [6.45, 7) is 0. The zero-order chi connectivity index (χ0) is 14.3. The zero-order valence-electron chi connectivity index (χ0n) is 10.3. The molecule has 0 aliphatic carbocycles. The van der Waals surface area contributed by atoms with Crippen LogP contribution in [0.2, 0.25) is 0 Å². The quantitative estimate of drug-likeness (QED) is 0.583. The van der Waals surface area contributed by atoms with Gasteiger partial charge in [0.05, 0.1) is 0 Å². The van der Waals surface area contributed by atoms with Gasteiger partial charge in [0.2, 0.25) is 0 Å². The number of nitrogens with zero attached hydrogens (tertiary/aromatic N) is 2. The molecule has 1 atom stereocenters. The van der Waals surface area contributed by atoms with Crippen molar-refractivity contribution in [3.8, 4) is 6.07 Å². The van der Waals surface area contributed by atoms with Crippen LogP contribution in [0.25, 0.3) is 9.65 Å². The molecule has 2 heterocycles. The number of fused-ring (bicyclic) bond motifs is 1. The van der Waals surface area contributed by atoms with E-state index in [1.54, 1.807) is 18.2 Å². The summed E-state index contributed by atoms with van der Waals surface area (Å²) in [6.07, 6.45) is 0.575. The molecule has 1 N–H and O–H groups in total. The van der Waals surface area contributed by atoms with Crippen LogP contribution in [-0.4, -0.2) is 30.1 Å². The minimum absolute atomic E-state index is 0.230. The third-order valence-corrected chi connectivity index (χ3v) is 5.85. The van der Waals surface area contributed by atoms with Gasteiger partial charge in [0.15, 0.2) is 0 Å². The number of benzene rings is 1. The SMILES string of the molecule is N#Cc1cccc2c(=O)n(C3CCC(=O)NC3=O)[se]c12. The molecule has 0 bridgehead atoms. The number of carbonyl (C=O) groups excluding carboxylic acids is 2. The van der Waals surface area contributed by atoms with Gasteiger partial charge in [-0.25, -0.2) is 0 Å². The molecule has 1 aromatic carbocycles. The predicted octanol–water partition coefficient (Wildman–Crippen LogP) is -0.0921. The summed E-state index contributed by atoms with van der Waals surface area (Å²) >= 11 is -0.402. The van der Waals surface area contributed by atoms with E-state index in [2.05, 4.69) is 11.4 Å². The summed E-state index contributed by atoms with van der Waals surface area (Å²) in [6, 6.07) is 6.47. The first-order valence-corrected chi connectivity index (χ1v) is 7.62. The van der Waals surface area contributed by atoms with Crippen LogP contribution in [0.4, 0.5) is 0 Å². The molecule has 1 saturated heterocycles. The predicted molar refractivity (Wildman–Crippen MR) is 71.3 cm³/mol. The molecule has 100 valence electrons. The number of piperidine rings is 1. The van der Waals surface area contributed by atoms with E-state index in [4.69, 9.17) is 5.26 Å². The Morgan fingerprint density at radius 3 is 2.85 bits per heavy atom. The first-order chi connectivity index (χ1) is 9.61. The van der Waals surface area contributed by atoms with E-state index in [-0.39, 0.29) is 17.9 Å². The average Bonchev–Trinajstić information content (AvgIpc) is 2.76. The molecule has 20 heavy (non-hydrogen) atoms. The van der Waals surface area contributed by atoms with Crippen molar-refractivity contribution in [3.05, 3.63) is 34.1 Å². The van der Waals surface area contributed by atoms with E-state index in [9.17, 15) is 14.4 Å². The number of amides is 2. The fourth-order valence-electron chi connectivity index (χ4n) is 2.26. The molecule has 1 aliphatic rings. The molecular formula is C13H9N3O3Se. The van der Waals surface area contributed by atoms with Crippen molar-refractivity contribution in [3.63, 3.8) is 0 Å². The second-order valence-corrected chi connectivity index (χ2v) is 6.55. The Labute approximate surface area is 119 Å². The molecule has 2 amide bonds. The van der Waals surface area contributed by atoms with Gasteiger partial charge in [-0.15, -0.1) is 0 Å². The number of nitrogens with one attached hydrogen (secondary N) is 1. The third kappa shape index (κ3) is 1.90. The summed E-state index contributed by atoms with van der Waals surface area (Å²) in [7, 11) is 0. The normalized spacial score (nSPS) is 18.9. The van der Waals surface area contributed by atoms with Crippen LogP contribution in [0.3, 0.4) is 0 Å². The number of hydrogen-bond donors (Lipinski definition) is 1. The fraction of sp³-hybridized carbons (Fsp3) is 0.231. The van der Waals surface area contributed by atoms with Crippen LogP contribution in [-0.2, 0) is 9.59 Å². The van der Waals surface area contributed by atoms with Crippen LogP contribution >= 0.6 is 0 Å². The number of carbonyl (C=O) groups is 2. The van der Waals surface area contributed by atoms with Gasteiger partial charge in [0, 0.05) is 0 Å². The Morgan fingerprint density at radius 2 is 2.15 bits per heavy atom. The Morgan fingerprint density at radius 1 is 1.35 bits per heavy atom. The topological polar surface area (TPSA) is 92.0 Å². The van der Waals surface area contributed by atoms with Crippen LogP contribution in [0.15, 0.2) is 23.0 Å². The second-order valence-electron chi connectivity index (χ2n) is 4.48. The maximum atomic E-state index is 12.4. The van der Waals surface area contributed by atoms with Crippen molar-refractivity contribution in [1.82, 2.24) is 8.88 Å². The summed E-state index contributed by atoms with van der Waals surface area (Å²) in [5.74, 6) is -0.733. The number of hydrogen-bond acceptors (Lipinski definition) is 4. The number of rotatable bonds is 1. The van der Waals surface area contributed by atoms with Gasteiger partial charge in [0.25, 0.3) is 0 Å². The molecule has 1 fully saturated rings. The summed E-state index contributed by atoms with van der Waals surface area (Å²) in [4.78, 5) is 35.4. The zero-order valence-corrected chi connectivity index (χ0v) is 12.0. The van der Waals surface area contributed by atoms with Gasteiger partial charge in [-0.3, -0.25) is 0 Å². The first kappa shape index (κ1) is 12.9. The molecule has 3 rings (SSSR count). The van der Waals surface area contributed by atoms with Crippen LogP contribution in [0.5, 0.6) is 0 Å². The monoisotopic (exact) mass is 335 g/mol. The van der Waals surface area contributed by atoms with Crippen molar-refractivity contribution in [1.29, 1.82) is 5.26 Å². The van der Waals surface area contributed by atoms with E-state index >= 15 is 0 Å². The second kappa shape index (κ2) is 4.74. The minimum atomic E-state index is -0.612. The molecule has 0 radical (unpaired) electrons. The van der Waals surface area contributed by atoms with E-state index in [1.807, 2.05) is 0 Å². The Kier molecular flexibility index (Phi) is 3.05. The fourth-order valence-corrected chi connectivity index (χ4v) is 4.72. The third-order valence-electron chi connectivity index (χ3n) is 3.25. The molecule has 0 spiro atoms. The first-order valence-electron chi connectivity index (χ1n) is 6.00. The molecule has 0 saturated carbocycles. The Hall–Kier alpha value is -2.16. The van der Waals surface area contributed by atoms with E-state index < -0.39 is 26.7 Å². The van der Waals surface area contributed by atoms with Gasteiger partial charge in [0.1, 0.15) is 0 Å². The molecule has 7 heteroatoms. The van der Waals surface area contributed by atoms with Crippen molar-refractivity contribution >= 4 is 36.2 Å². The molecular weight excluding hydrogens is 325 g/mol. The maximum absolute atomic E-state index is 12.4. The van der Waals surface area contributed by atoms with Gasteiger partial charge in [-0.05, 0) is 0 Å². The van der Waals surface area contributed by atoms with Gasteiger partial charge in [-0.2, -0.15) is 0 Å². The average molecular weight is 334 g/mol. The van der Waals surface area contributed by atoms with Crippen LogP contribution in [0, 0.1) is 11.3 Å². The van der Waals surface area contributed by atoms with Crippen molar-refractivity contribution in [2.24, 2.45) is 0 Å². The molecule has 1 aliphatic heterocycles. The Bertz CT molecular complexity index is 827. The van der Waals surface area contributed by atoms with Gasteiger partial charge in [-0.1, -0.05) is 0 Å².